The zero-order chi connectivity index (χ0) is 18.0. The second-order valence-electron chi connectivity index (χ2n) is 5.29. The maximum Gasteiger partial charge on any atom is 0.416 e. The Balaban J connectivity index is 1.76. The number of hydrogen-bond acceptors (Lipinski definition) is 4. The molecular weight excluding hydrogens is 369 g/mol. The molecule has 1 N–H and O–H groups in total. The summed E-state index contributed by atoms with van der Waals surface area (Å²) in [6.45, 7) is 1.86. The second kappa shape index (κ2) is 6.97. The summed E-state index contributed by atoms with van der Waals surface area (Å²) in [7, 11) is 0. The molecule has 0 spiro atoms. The minimum absolute atomic E-state index is 0.0645. The molecule has 0 radical (unpaired) electrons. The predicted molar refractivity (Wildman–Crippen MR) is 93.9 cm³/mol. The van der Waals surface area contributed by atoms with Crippen LogP contribution in [-0.2, 0) is 17.4 Å². The number of nitrogens with one attached hydrogen (secondary N) is 1. The minimum Gasteiger partial charge on any atom is -0.326 e. The Morgan fingerprint density at radius 1 is 1.24 bits per heavy atom. The summed E-state index contributed by atoms with van der Waals surface area (Å²) in [4.78, 5) is 18.5. The Morgan fingerprint density at radius 2 is 2.04 bits per heavy atom. The van der Waals surface area contributed by atoms with E-state index >= 15 is 0 Å². The Kier molecular flexibility index (Phi) is 4.91. The van der Waals surface area contributed by atoms with Gasteiger partial charge in [-0.3, -0.25) is 4.79 Å². The van der Waals surface area contributed by atoms with Gasteiger partial charge in [0, 0.05) is 10.6 Å². The predicted octanol–water partition coefficient (Wildman–Crippen LogP) is 5.38. The zero-order valence-electron chi connectivity index (χ0n) is 13.1. The molecule has 2 aromatic heterocycles. The van der Waals surface area contributed by atoms with Crippen LogP contribution in [0.1, 0.15) is 15.4 Å². The fraction of sp³-hybridized carbons (Fsp3) is 0.176. The molecule has 0 aliphatic carbocycles. The number of alkyl halides is 3. The van der Waals surface area contributed by atoms with Crippen LogP contribution in [0.25, 0.3) is 10.6 Å². The molecule has 3 nitrogen and oxygen atoms in total. The number of benzene rings is 1. The number of aryl methyl sites for hydroxylation is 1. The van der Waals surface area contributed by atoms with E-state index in [0.29, 0.717) is 0 Å². The number of aromatic nitrogens is 1. The number of thiazole rings is 1. The van der Waals surface area contributed by atoms with Gasteiger partial charge in [-0.2, -0.15) is 13.2 Å². The van der Waals surface area contributed by atoms with Crippen molar-refractivity contribution in [2.45, 2.75) is 19.5 Å². The molecule has 3 rings (SSSR count). The highest BCUT2D eigenvalue weighted by atomic mass is 32.1. The van der Waals surface area contributed by atoms with Gasteiger partial charge in [0.25, 0.3) is 0 Å². The van der Waals surface area contributed by atoms with Crippen LogP contribution in [0, 0.1) is 6.92 Å². The molecule has 0 aliphatic heterocycles. The van der Waals surface area contributed by atoms with Gasteiger partial charge in [0.05, 0.1) is 27.6 Å². The molecule has 0 atom stereocenters. The smallest absolute Gasteiger partial charge is 0.326 e. The van der Waals surface area contributed by atoms with Crippen LogP contribution in [0.3, 0.4) is 0 Å². The van der Waals surface area contributed by atoms with Crippen molar-refractivity contribution >= 4 is 34.3 Å². The third-order valence-corrected chi connectivity index (χ3v) is 5.20. The highest BCUT2D eigenvalue weighted by Gasteiger charge is 2.30. The number of carbonyl (C=O) groups is 1. The van der Waals surface area contributed by atoms with Gasteiger partial charge < -0.3 is 5.32 Å². The molecule has 0 saturated carbocycles. The number of nitrogens with zero attached hydrogens (tertiary/aromatic N) is 1. The molecule has 0 bridgehead atoms. The Morgan fingerprint density at radius 3 is 2.72 bits per heavy atom. The maximum atomic E-state index is 12.7. The monoisotopic (exact) mass is 382 g/mol. The first kappa shape index (κ1) is 17.6. The standard InChI is InChI=1S/C17H13F3N2OS2/c1-10-21-16(13-6-3-7-24-13)14(25-10)9-15(23)22-12-5-2-4-11(8-12)17(18,19)20/h2-8H,9H2,1H3,(H,22,23). The SMILES string of the molecule is Cc1nc(-c2cccs2)c(CC(=O)Nc2cccc(C(F)(F)F)c2)s1. The van der Waals surface area contributed by atoms with Crippen molar-refractivity contribution in [3.63, 3.8) is 0 Å². The first-order valence-corrected chi connectivity index (χ1v) is 9.00. The van der Waals surface area contributed by atoms with Crippen molar-refractivity contribution in [1.82, 2.24) is 4.98 Å². The summed E-state index contributed by atoms with van der Waals surface area (Å²) < 4.78 is 38.2. The molecule has 0 fully saturated rings. The van der Waals surface area contributed by atoms with E-state index in [9.17, 15) is 18.0 Å². The van der Waals surface area contributed by atoms with Gasteiger partial charge >= 0.3 is 6.18 Å². The lowest BCUT2D eigenvalue weighted by Gasteiger charge is -2.09. The average Bonchev–Trinajstić information content (AvgIpc) is 3.16. The van der Waals surface area contributed by atoms with Gasteiger partial charge in [0.1, 0.15) is 0 Å². The lowest BCUT2D eigenvalue weighted by atomic mass is 10.2. The molecule has 3 aromatic rings. The topological polar surface area (TPSA) is 42.0 Å². The molecular formula is C17H13F3N2OS2. The number of carbonyl (C=O) groups excluding carboxylic acids is 1. The van der Waals surface area contributed by atoms with Gasteiger partial charge in [-0.25, -0.2) is 4.98 Å². The van der Waals surface area contributed by atoms with Gasteiger partial charge in [-0.15, -0.1) is 22.7 Å². The van der Waals surface area contributed by atoms with Gasteiger partial charge in [0.15, 0.2) is 0 Å². The third-order valence-electron chi connectivity index (χ3n) is 3.35. The summed E-state index contributed by atoms with van der Waals surface area (Å²) in [6.07, 6.45) is -4.38. The van der Waals surface area contributed by atoms with Crippen LogP contribution >= 0.6 is 22.7 Å². The van der Waals surface area contributed by atoms with Crippen molar-refractivity contribution < 1.29 is 18.0 Å². The number of hydrogen-bond donors (Lipinski definition) is 1. The highest BCUT2D eigenvalue weighted by molar-refractivity contribution is 7.15. The Labute approximate surface area is 150 Å². The Bertz CT molecular complexity index is 886. The number of rotatable bonds is 4. The summed E-state index contributed by atoms with van der Waals surface area (Å²) in [6, 6.07) is 8.43. The van der Waals surface area contributed by atoms with Crippen LogP contribution in [0.5, 0.6) is 0 Å². The molecule has 0 aliphatic rings. The van der Waals surface area contributed by atoms with Crippen molar-refractivity contribution in [2.24, 2.45) is 0 Å². The van der Waals surface area contributed by atoms with E-state index in [2.05, 4.69) is 10.3 Å². The zero-order valence-corrected chi connectivity index (χ0v) is 14.7. The third kappa shape index (κ3) is 4.26. The summed E-state index contributed by atoms with van der Waals surface area (Å²) in [5.41, 5.74) is 0.0913. The molecule has 0 unspecified atom stereocenters. The summed E-state index contributed by atoms with van der Waals surface area (Å²) in [5, 5.41) is 5.29. The number of amides is 1. The van der Waals surface area contributed by atoms with Crippen LogP contribution in [-0.4, -0.2) is 10.9 Å². The lowest BCUT2D eigenvalue weighted by molar-refractivity contribution is -0.137. The lowest BCUT2D eigenvalue weighted by Crippen LogP contribution is -2.15. The Hall–Kier alpha value is -2.19. The van der Waals surface area contributed by atoms with E-state index in [-0.39, 0.29) is 18.0 Å². The molecule has 130 valence electrons. The van der Waals surface area contributed by atoms with Gasteiger partial charge in [-0.1, -0.05) is 12.1 Å². The highest BCUT2D eigenvalue weighted by Crippen LogP contribution is 2.32. The first-order valence-electron chi connectivity index (χ1n) is 7.30. The average molecular weight is 382 g/mol. The second-order valence-corrected chi connectivity index (χ2v) is 7.52. The molecule has 0 saturated heterocycles. The normalized spacial score (nSPS) is 11.5. The fourth-order valence-corrected chi connectivity index (χ4v) is 4.07. The molecule has 25 heavy (non-hydrogen) atoms. The van der Waals surface area contributed by atoms with Gasteiger partial charge in [-0.05, 0) is 36.6 Å². The van der Waals surface area contributed by atoms with E-state index < -0.39 is 11.7 Å². The number of thiophene rings is 1. The van der Waals surface area contributed by atoms with Crippen molar-refractivity contribution in [1.29, 1.82) is 0 Å². The minimum atomic E-state index is -4.44. The summed E-state index contributed by atoms with van der Waals surface area (Å²) >= 11 is 2.94. The van der Waals surface area contributed by atoms with Crippen molar-refractivity contribution in [3.05, 3.63) is 57.2 Å². The fourth-order valence-electron chi connectivity index (χ4n) is 2.32. The molecule has 1 aromatic carbocycles. The van der Waals surface area contributed by atoms with Crippen LogP contribution in [0.15, 0.2) is 41.8 Å². The number of anilines is 1. The van der Waals surface area contributed by atoms with Crippen LogP contribution in [0.4, 0.5) is 18.9 Å². The van der Waals surface area contributed by atoms with E-state index in [4.69, 9.17) is 0 Å². The first-order chi connectivity index (χ1) is 11.8. The van der Waals surface area contributed by atoms with E-state index in [0.717, 1.165) is 32.6 Å². The number of halogens is 3. The molecule has 2 heterocycles. The van der Waals surface area contributed by atoms with Crippen LogP contribution < -0.4 is 5.32 Å². The summed E-state index contributed by atoms with van der Waals surface area (Å²) in [5.74, 6) is -0.374. The van der Waals surface area contributed by atoms with E-state index in [1.165, 1.54) is 34.8 Å². The van der Waals surface area contributed by atoms with Crippen molar-refractivity contribution in [3.8, 4) is 10.6 Å². The molecule has 1 amide bonds. The maximum absolute atomic E-state index is 12.7. The van der Waals surface area contributed by atoms with Crippen LogP contribution in [0.2, 0.25) is 0 Å². The van der Waals surface area contributed by atoms with E-state index in [1.54, 1.807) is 0 Å². The van der Waals surface area contributed by atoms with E-state index in [1.807, 2.05) is 24.4 Å². The molecule has 8 heteroatoms. The largest absolute Gasteiger partial charge is 0.416 e. The van der Waals surface area contributed by atoms with Crippen molar-refractivity contribution in [2.75, 3.05) is 5.32 Å². The quantitative estimate of drug-likeness (QED) is 0.658. The van der Waals surface area contributed by atoms with Gasteiger partial charge in [0.2, 0.25) is 5.91 Å².